The molecule has 180 valence electrons. The first-order valence-corrected chi connectivity index (χ1v) is 11.6. The number of carbonyl (C=O) groups excluding carboxylic acids is 2. The van der Waals surface area contributed by atoms with E-state index in [1.807, 2.05) is 45.0 Å². The summed E-state index contributed by atoms with van der Waals surface area (Å²) < 4.78 is 11.2. The summed E-state index contributed by atoms with van der Waals surface area (Å²) in [5.41, 5.74) is 2.52. The topological polar surface area (TPSA) is 76.1 Å². The first-order valence-electron chi connectivity index (χ1n) is 11.6. The molecule has 0 radical (unpaired) electrons. The molecule has 1 N–H and O–H groups in total. The number of nitrogens with zero attached hydrogens (tertiary/aromatic N) is 1. The van der Waals surface area contributed by atoms with E-state index in [4.69, 9.17) is 9.47 Å². The van der Waals surface area contributed by atoms with Gasteiger partial charge in [-0.05, 0) is 54.3 Å². The molecule has 3 aromatic rings. The Balaban J connectivity index is 1.89. The van der Waals surface area contributed by atoms with Crippen molar-refractivity contribution in [2.45, 2.75) is 26.8 Å². The van der Waals surface area contributed by atoms with Crippen LogP contribution >= 0.6 is 0 Å². The van der Waals surface area contributed by atoms with Crippen LogP contribution in [0, 0.1) is 12.8 Å². The molecular formula is C29H29NO5. The minimum Gasteiger partial charge on any atom is -0.507 e. The van der Waals surface area contributed by atoms with Crippen LogP contribution in [0.4, 0.5) is 5.69 Å². The molecule has 0 bridgehead atoms. The fraction of sp³-hybridized carbons (Fsp3) is 0.241. The zero-order valence-electron chi connectivity index (χ0n) is 20.3. The van der Waals surface area contributed by atoms with Crippen LogP contribution in [0.2, 0.25) is 0 Å². The lowest BCUT2D eigenvalue weighted by Crippen LogP contribution is -2.30. The minimum absolute atomic E-state index is 0.0208. The maximum atomic E-state index is 13.4. The van der Waals surface area contributed by atoms with E-state index in [0.717, 1.165) is 5.56 Å². The van der Waals surface area contributed by atoms with Crippen molar-refractivity contribution >= 4 is 23.1 Å². The highest BCUT2D eigenvalue weighted by atomic mass is 16.5. The summed E-state index contributed by atoms with van der Waals surface area (Å²) in [6.45, 7) is 6.49. The standard InChI is InChI=1S/C29H29NO5/c1-18(2)17-35-23-13-8-11-21(16-23)27(31)25-26(20-10-7-12-22(15-20)34-4)30(29(33)28(25)32)24-14-6-5-9-19(24)3/h5-16,18,26,31H,17H2,1-4H3/b27-25-. The molecule has 1 atom stereocenters. The molecule has 1 saturated heterocycles. The molecule has 4 rings (SSSR count). The third-order valence-electron chi connectivity index (χ3n) is 5.92. The van der Waals surface area contributed by atoms with Gasteiger partial charge in [-0.25, -0.2) is 0 Å². The summed E-state index contributed by atoms with van der Waals surface area (Å²) >= 11 is 0. The predicted molar refractivity (Wildman–Crippen MR) is 136 cm³/mol. The van der Waals surface area contributed by atoms with Crippen molar-refractivity contribution in [2.24, 2.45) is 5.92 Å². The summed E-state index contributed by atoms with van der Waals surface area (Å²) in [5.74, 6) is -0.189. The molecule has 0 saturated carbocycles. The molecule has 1 amide bonds. The van der Waals surface area contributed by atoms with Gasteiger partial charge in [0.25, 0.3) is 11.7 Å². The van der Waals surface area contributed by atoms with E-state index in [-0.39, 0.29) is 11.3 Å². The van der Waals surface area contributed by atoms with Crippen LogP contribution in [0.25, 0.3) is 5.76 Å². The molecule has 1 fully saturated rings. The van der Waals surface area contributed by atoms with Crippen molar-refractivity contribution in [1.82, 2.24) is 0 Å². The van der Waals surface area contributed by atoms with E-state index in [0.29, 0.717) is 40.8 Å². The molecule has 6 nitrogen and oxygen atoms in total. The van der Waals surface area contributed by atoms with Crippen LogP contribution in [-0.2, 0) is 9.59 Å². The smallest absolute Gasteiger partial charge is 0.300 e. The molecular weight excluding hydrogens is 442 g/mol. The maximum absolute atomic E-state index is 13.4. The van der Waals surface area contributed by atoms with Gasteiger partial charge in [-0.2, -0.15) is 0 Å². The summed E-state index contributed by atoms with van der Waals surface area (Å²) in [7, 11) is 1.56. The second-order valence-electron chi connectivity index (χ2n) is 8.96. The van der Waals surface area contributed by atoms with E-state index in [2.05, 4.69) is 0 Å². The number of methoxy groups -OCH3 is 1. The quantitative estimate of drug-likeness (QED) is 0.273. The number of Topliss-reactive ketones (excluding diaryl/α,β-unsaturated/α-hetero) is 1. The van der Waals surface area contributed by atoms with Crippen molar-refractivity contribution in [3.05, 3.63) is 95.1 Å². The fourth-order valence-electron chi connectivity index (χ4n) is 4.19. The number of rotatable bonds is 7. The van der Waals surface area contributed by atoms with Gasteiger partial charge in [-0.15, -0.1) is 0 Å². The Bertz CT molecular complexity index is 1290. The molecule has 6 heteroatoms. The van der Waals surface area contributed by atoms with Gasteiger partial charge in [-0.1, -0.05) is 56.3 Å². The van der Waals surface area contributed by atoms with Crippen LogP contribution in [0.5, 0.6) is 11.5 Å². The van der Waals surface area contributed by atoms with Gasteiger partial charge >= 0.3 is 0 Å². The number of amides is 1. The van der Waals surface area contributed by atoms with Gasteiger partial charge in [0.15, 0.2) is 0 Å². The Morgan fingerprint density at radius 3 is 2.40 bits per heavy atom. The number of hydrogen-bond acceptors (Lipinski definition) is 5. The van der Waals surface area contributed by atoms with Crippen molar-refractivity contribution in [3.63, 3.8) is 0 Å². The monoisotopic (exact) mass is 471 g/mol. The highest BCUT2D eigenvalue weighted by Crippen LogP contribution is 2.43. The maximum Gasteiger partial charge on any atom is 0.300 e. The van der Waals surface area contributed by atoms with Gasteiger partial charge in [0.1, 0.15) is 17.3 Å². The highest BCUT2D eigenvalue weighted by molar-refractivity contribution is 6.51. The van der Waals surface area contributed by atoms with Crippen LogP contribution in [-0.4, -0.2) is 30.5 Å². The van der Waals surface area contributed by atoms with Gasteiger partial charge in [0.05, 0.1) is 25.3 Å². The van der Waals surface area contributed by atoms with Crippen molar-refractivity contribution in [2.75, 3.05) is 18.6 Å². The van der Waals surface area contributed by atoms with Crippen molar-refractivity contribution in [1.29, 1.82) is 0 Å². The second kappa shape index (κ2) is 10.1. The Kier molecular flexibility index (Phi) is 6.92. The predicted octanol–water partition coefficient (Wildman–Crippen LogP) is 5.66. The number of ether oxygens (including phenoxy) is 2. The van der Waals surface area contributed by atoms with E-state index >= 15 is 0 Å². The van der Waals surface area contributed by atoms with Crippen LogP contribution in [0.15, 0.2) is 78.4 Å². The van der Waals surface area contributed by atoms with E-state index < -0.39 is 17.7 Å². The van der Waals surface area contributed by atoms with Crippen molar-refractivity contribution < 1.29 is 24.2 Å². The molecule has 35 heavy (non-hydrogen) atoms. The number of hydrogen-bond donors (Lipinski definition) is 1. The van der Waals surface area contributed by atoms with Gasteiger partial charge in [-0.3, -0.25) is 14.5 Å². The van der Waals surface area contributed by atoms with Crippen LogP contribution < -0.4 is 14.4 Å². The minimum atomic E-state index is -0.827. The summed E-state index contributed by atoms with van der Waals surface area (Å²) in [4.78, 5) is 28.2. The average molecular weight is 472 g/mol. The number of ketones is 1. The third kappa shape index (κ3) is 4.78. The number of aryl methyl sites for hydroxylation is 1. The molecule has 1 aliphatic rings. The zero-order chi connectivity index (χ0) is 25.1. The van der Waals surface area contributed by atoms with Crippen molar-refractivity contribution in [3.8, 4) is 11.5 Å². The molecule has 0 aliphatic carbocycles. The number of carbonyl (C=O) groups is 2. The summed E-state index contributed by atoms with van der Waals surface area (Å²) in [6, 6.07) is 20.7. The first-order chi connectivity index (χ1) is 16.8. The Hall–Kier alpha value is -4.06. The van der Waals surface area contributed by atoms with E-state index in [1.165, 1.54) is 4.90 Å². The SMILES string of the molecule is COc1cccc(C2/C(=C(/O)c3cccc(OCC(C)C)c3)C(=O)C(=O)N2c2ccccc2C)c1. The van der Waals surface area contributed by atoms with Crippen LogP contribution in [0.3, 0.4) is 0 Å². The Morgan fingerprint density at radius 2 is 1.69 bits per heavy atom. The molecule has 0 spiro atoms. The number of anilines is 1. The van der Waals surface area contributed by atoms with Gasteiger partial charge in [0.2, 0.25) is 0 Å². The summed E-state index contributed by atoms with van der Waals surface area (Å²) in [6.07, 6.45) is 0. The highest BCUT2D eigenvalue weighted by Gasteiger charge is 2.47. The molecule has 0 aromatic heterocycles. The second-order valence-corrected chi connectivity index (χ2v) is 8.96. The van der Waals surface area contributed by atoms with E-state index in [9.17, 15) is 14.7 Å². The molecule has 1 heterocycles. The number of benzene rings is 3. The Labute approximate surface area is 205 Å². The summed E-state index contributed by atoms with van der Waals surface area (Å²) in [5, 5.41) is 11.4. The number of aliphatic hydroxyl groups is 1. The zero-order valence-corrected chi connectivity index (χ0v) is 20.3. The van der Waals surface area contributed by atoms with Gasteiger partial charge < -0.3 is 14.6 Å². The molecule has 1 aliphatic heterocycles. The lowest BCUT2D eigenvalue weighted by Gasteiger charge is -2.27. The largest absolute Gasteiger partial charge is 0.507 e. The lowest BCUT2D eigenvalue weighted by molar-refractivity contribution is -0.132. The van der Waals surface area contributed by atoms with Gasteiger partial charge in [0, 0.05) is 11.3 Å². The molecule has 1 unspecified atom stereocenters. The number of aliphatic hydroxyl groups excluding tert-OH is 1. The van der Waals surface area contributed by atoms with E-state index in [1.54, 1.807) is 55.6 Å². The third-order valence-corrected chi connectivity index (χ3v) is 5.92. The van der Waals surface area contributed by atoms with Crippen LogP contribution in [0.1, 0.15) is 36.6 Å². The first kappa shape index (κ1) is 24.1. The Morgan fingerprint density at radius 1 is 0.971 bits per heavy atom. The number of para-hydroxylation sites is 1. The average Bonchev–Trinajstić information content (AvgIpc) is 3.13. The fourth-order valence-corrected chi connectivity index (χ4v) is 4.19. The molecule has 3 aromatic carbocycles. The lowest BCUT2D eigenvalue weighted by atomic mass is 9.94. The normalized spacial score (nSPS) is 17.2.